The van der Waals surface area contributed by atoms with E-state index in [9.17, 15) is 9.59 Å². The van der Waals surface area contributed by atoms with Gasteiger partial charge in [-0.25, -0.2) is 4.79 Å². The fourth-order valence-electron chi connectivity index (χ4n) is 2.82. The van der Waals surface area contributed by atoms with Crippen LogP contribution in [0, 0.1) is 5.92 Å². The first-order valence-electron chi connectivity index (χ1n) is 7.19. The number of oxazole rings is 1. The van der Waals surface area contributed by atoms with Gasteiger partial charge in [0.25, 0.3) is 0 Å². The van der Waals surface area contributed by atoms with E-state index in [1.165, 1.54) is 5.56 Å². The lowest BCUT2D eigenvalue weighted by molar-refractivity contribution is -0.117. The number of rotatable bonds is 3. The maximum absolute atomic E-state index is 12.3. The van der Waals surface area contributed by atoms with Gasteiger partial charge in [0, 0.05) is 11.6 Å². The lowest BCUT2D eigenvalue weighted by Gasteiger charge is -2.05. The van der Waals surface area contributed by atoms with E-state index in [0.717, 1.165) is 6.42 Å². The van der Waals surface area contributed by atoms with Gasteiger partial charge in [0.15, 0.2) is 5.58 Å². The standard InChI is InChI=1S/C17H14N2O3/c20-16(13-9-12(13)10-4-2-1-3-5-10)18-11-6-7-15-14(8-11)19-17(21)22-15/h1-8,12-13H,9H2,(H,18,20)(H,19,21). The molecule has 1 amide bonds. The Morgan fingerprint density at radius 1 is 1.18 bits per heavy atom. The Kier molecular flexibility index (Phi) is 2.85. The molecule has 1 heterocycles. The highest BCUT2D eigenvalue weighted by atomic mass is 16.4. The fourth-order valence-corrected chi connectivity index (χ4v) is 2.82. The molecule has 22 heavy (non-hydrogen) atoms. The predicted molar refractivity (Wildman–Crippen MR) is 82.8 cm³/mol. The minimum atomic E-state index is -0.496. The monoisotopic (exact) mass is 294 g/mol. The first-order valence-corrected chi connectivity index (χ1v) is 7.19. The van der Waals surface area contributed by atoms with Crippen molar-refractivity contribution in [2.45, 2.75) is 12.3 Å². The van der Waals surface area contributed by atoms with E-state index in [2.05, 4.69) is 22.4 Å². The van der Waals surface area contributed by atoms with E-state index in [4.69, 9.17) is 4.42 Å². The topological polar surface area (TPSA) is 75.1 Å². The molecule has 2 N–H and O–H groups in total. The molecule has 0 saturated heterocycles. The Balaban J connectivity index is 1.49. The van der Waals surface area contributed by atoms with Crippen LogP contribution in [0.15, 0.2) is 57.7 Å². The zero-order valence-electron chi connectivity index (χ0n) is 11.7. The number of carbonyl (C=O) groups is 1. The molecule has 1 fully saturated rings. The van der Waals surface area contributed by atoms with Crippen LogP contribution in [0.5, 0.6) is 0 Å². The molecule has 1 aromatic heterocycles. The van der Waals surface area contributed by atoms with Crippen molar-refractivity contribution in [3.8, 4) is 0 Å². The molecule has 0 radical (unpaired) electrons. The van der Waals surface area contributed by atoms with Gasteiger partial charge < -0.3 is 9.73 Å². The van der Waals surface area contributed by atoms with Gasteiger partial charge in [-0.1, -0.05) is 30.3 Å². The second kappa shape index (κ2) is 4.87. The molecule has 0 aliphatic heterocycles. The highest BCUT2D eigenvalue weighted by molar-refractivity contribution is 5.96. The molecule has 0 spiro atoms. The molecule has 0 bridgehead atoms. The van der Waals surface area contributed by atoms with Crippen molar-refractivity contribution in [1.29, 1.82) is 0 Å². The van der Waals surface area contributed by atoms with Crippen LogP contribution in [0.3, 0.4) is 0 Å². The van der Waals surface area contributed by atoms with E-state index < -0.39 is 5.76 Å². The van der Waals surface area contributed by atoms with Crippen molar-refractivity contribution in [3.05, 3.63) is 64.6 Å². The van der Waals surface area contributed by atoms with E-state index in [1.54, 1.807) is 18.2 Å². The third-order valence-corrected chi connectivity index (χ3v) is 4.04. The van der Waals surface area contributed by atoms with Crippen molar-refractivity contribution in [2.75, 3.05) is 5.32 Å². The molecule has 1 aliphatic rings. The molecule has 4 rings (SSSR count). The third kappa shape index (κ3) is 2.30. The first-order chi connectivity index (χ1) is 10.7. The number of benzene rings is 2. The number of fused-ring (bicyclic) bond motifs is 1. The minimum absolute atomic E-state index is 0.0130. The Labute approximate surface area is 126 Å². The molecule has 1 saturated carbocycles. The summed E-state index contributed by atoms with van der Waals surface area (Å²) in [4.78, 5) is 26.0. The number of aromatic nitrogens is 1. The number of hydrogen-bond donors (Lipinski definition) is 2. The highest BCUT2D eigenvalue weighted by Crippen LogP contribution is 2.47. The normalized spacial score (nSPS) is 20.0. The van der Waals surface area contributed by atoms with E-state index >= 15 is 0 Å². The van der Waals surface area contributed by atoms with E-state index in [-0.39, 0.29) is 11.8 Å². The molecule has 2 unspecified atom stereocenters. The summed E-state index contributed by atoms with van der Waals surface area (Å²) in [6, 6.07) is 15.2. The van der Waals surface area contributed by atoms with E-state index in [1.807, 2.05) is 18.2 Å². The summed E-state index contributed by atoms with van der Waals surface area (Å²) in [5.41, 5.74) is 2.93. The number of anilines is 1. The summed E-state index contributed by atoms with van der Waals surface area (Å²) in [5.74, 6) is -0.163. The number of nitrogens with one attached hydrogen (secondary N) is 2. The lowest BCUT2D eigenvalue weighted by atomic mass is 10.1. The molecule has 2 aromatic carbocycles. The summed E-state index contributed by atoms with van der Waals surface area (Å²) >= 11 is 0. The van der Waals surface area contributed by atoms with Gasteiger partial charge in [0.05, 0.1) is 5.52 Å². The Morgan fingerprint density at radius 2 is 2.00 bits per heavy atom. The number of H-pyrrole nitrogens is 1. The zero-order valence-corrected chi connectivity index (χ0v) is 11.7. The van der Waals surface area contributed by atoms with Crippen LogP contribution in [0.25, 0.3) is 11.1 Å². The molecule has 110 valence electrons. The van der Waals surface area contributed by atoms with E-state index in [0.29, 0.717) is 22.7 Å². The third-order valence-electron chi connectivity index (χ3n) is 4.04. The van der Waals surface area contributed by atoms with Gasteiger partial charge in [0.2, 0.25) is 5.91 Å². The maximum Gasteiger partial charge on any atom is 0.417 e. The quantitative estimate of drug-likeness (QED) is 0.780. The van der Waals surface area contributed by atoms with Gasteiger partial charge in [-0.15, -0.1) is 0 Å². The van der Waals surface area contributed by atoms with Gasteiger partial charge in [0.1, 0.15) is 0 Å². The zero-order chi connectivity index (χ0) is 15.1. The maximum atomic E-state index is 12.3. The Morgan fingerprint density at radius 3 is 2.82 bits per heavy atom. The lowest BCUT2D eigenvalue weighted by Crippen LogP contribution is -2.14. The van der Waals surface area contributed by atoms with Gasteiger partial charge >= 0.3 is 5.76 Å². The summed E-state index contributed by atoms with van der Waals surface area (Å²) < 4.78 is 4.94. The Bertz CT molecular complexity index is 895. The molecular formula is C17H14N2O3. The van der Waals surface area contributed by atoms with Crippen molar-refractivity contribution in [3.63, 3.8) is 0 Å². The first kappa shape index (κ1) is 12.9. The minimum Gasteiger partial charge on any atom is -0.408 e. The van der Waals surface area contributed by atoms with Crippen LogP contribution in [0.2, 0.25) is 0 Å². The molecule has 3 aromatic rings. The summed E-state index contributed by atoms with van der Waals surface area (Å²) in [6.45, 7) is 0. The molecule has 5 nitrogen and oxygen atoms in total. The predicted octanol–water partition coefficient (Wildman–Crippen LogP) is 2.86. The highest BCUT2D eigenvalue weighted by Gasteiger charge is 2.43. The summed E-state index contributed by atoms with van der Waals surface area (Å²) in [6.07, 6.45) is 0.876. The Hall–Kier alpha value is -2.82. The second-order valence-corrected chi connectivity index (χ2v) is 5.57. The van der Waals surface area contributed by atoms with Crippen molar-refractivity contribution < 1.29 is 9.21 Å². The second-order valence-electron chi connectivity index (χ2n) is 5.57. The van der Waals surface area contributed by atoms with Gasteiger partial charge in [-0.05, 0) is 36.1 Å². The average molecular weight is 294 g/mol. The van der Waals surface area contributed by atoms with Crippen LogP contribution >= 0.6 is 0 Å². The smallest absolute Gasteiger partial charge is 0.408 e. The van der Waals surface area contributed by atoms with Crippen LogP contribution in [0.4, 0.5) is 5.69 Å². The van der Waals surface area contributed by atoms with Crippen molar-refractivity contribution >= 4 is 22.7 Å². The summed E-state index contributed by atoms with van der Waals surface area (Å²) in [5, 5.41) is 2.90. The van der Waals surface area contributed by atoms with Crippen LogP contribution in [-0.2, 0) is 4.79 Å². The number of carbonyl (C=O) groups excluding carboxylic acids is 1. The average Bonchev–Trinajstić information content (AvgIpc) is 3.24. The SMILES string of the molecule is O=C(Nc1ccc2oc(=O)[nH]c2c1)C1CC1c1ccccc1. The van der Waals surface area contributed by atoms with Gasteiger partial charge in [-0.3, -0.25) is 9.78 Å². The fraction of sp³-hybridized carbons (Fsp3) is 0.176. The van der Waals surface area contributed by atoms with Crippen molar-refractivity contribution in [1.82, 2.24) is 4.98 Å². The number of amides is 1. The molecule has 2 atom stereocenters. The largest absolute Gasteiger partial charge is 0.417 e. The number of hydrogen-bond acceptors (Lipinski definition) is 3. The summed E-state index contributed by atoms with van der Waals surface area (Å²) in [7, 11) is 0. The van der Waals surface area contributed by atoms with Crippen LogP contribution in [0.1, 0.15) is 17.9 Å². The van der Waals surface area contributed by atoms with Crippen molar-refractivity contribution in [2.24, 2.45) is 5.92 Å². The van der Waals surface area contributed by atoms with Gasteiger partial charge in [-0.2, -0.15) is 0 Å². The van der Waals surface area contributed by atoms with Crippen LogP contribution in [-0.4, -0.2) is 10.9 Å². The van der Waals surface area contributed by atoms with Crippen LogP contribution < -0.4 is 11.1 Å². The molecule has 5 heteroatoms. The molecular weight excluding hydrogens is 280 g/mol. The number of aromatic amines is 1. The molecule has 1 aliphatic carbocycles.